The zero-order chi connectivity index (χ0) is 43.9. The van der Waals surface area contributed by atoms with E-state index in [0.717, 1.165) is 16.7 Å². The Bertz CT molecular complexity index is 2070. The number of carboxylic acid groups (broad SMARTS) is 1. The minimum absolute atomic E-state index is 0.0508. The molecule has 0 saturated heterocycles. The van der Waals surface area contributed by atoms with Crippen LogP contribution >= 0.6 is 23.2 Å². The van der Waals surface area contributed by atoms with Crippen LogP contribution in [0.15, 0.2) is 72.8 Å². The predicted octanol–water partition coefficient (Wildman–Crippen LogP) is 9.18. The highest BCUT2D eigenvalue weighted by Crippen LogP contribution is 2.41. The van der Waals surface area contributed by atoms with Crippen molar-refractivity contribution < 1.29 is 43.2 Å². The number of alkyl halides is 1. The van der Waals surface area contributed by atoms with Crippen LogP contribution < -0.4 is 20.1 Å². The van der Waals surface area contributed by atoms with Crippen molar-refractivity contribution in [3.63, 3.8) is 0 Å². The molecule has 14 heteroatoms. The molecule has 0 aliphatic heterocycles. The van der Waals surface area contributed by atoms with Crippen molar-refractivity contribution in [2.45, 2.75) is 90.7 Å². The molecule has 60 heavy (non-hydrogen) atoms. The van der Waals surface area contributed by atoms with Crippen LogP contribution in [-0.2, 0) is 32.2 Å². The average Bonchev–Trinajstić information content (AvgIpc) is 3.21. The summed E-state index contributed by atoms with van der Waals surface area (Å²) < 4.78 is 29.8. The molecule has 322 valence electrons. The summed E-state index contributed by atoms with van der Waals surface area (Å²) in [5.74, 6) is -0.685. The van der Waals surface area contributed by atoms with E-state index in [1.165, 1.54) is 19.2 Å². The zero-order valence-electron chi connectivity index (χ0n) is 35.1. The van der Waals surface area contributed by atoms with Crippen LogP contribution in [0.25, 0.3) is 5.57 Å². The number of esters is 1. The van der Waals surface area contributed by atoms with Gasteiger partial charge in [-0.15, -0.1) is 11.6 Å². The molecule has 0 aromatic heterocycles. The van der Waals surface area contributed by atoms with Crippen LogP contribution in [-0.4, -0.2) is 73.1 Å². The fraction of sp³-hybridized carbons (Fsp3) is 0.435. The summed E-state index contributed by atoms with van der Waals surface area (Å²) in [6.45, 7) is 10.4. The van der Waals surface area contributed by atoms with Gasteiger partial charge in [-0.2, -0.15) is 5.26 Å². The van der Waals surface area contributed by atoms with E-state index in [9.17, 15) is 24.8 Å². The number of methoxy groups -OCH3 is 1. The third-order valence-corrected chi connectivity index (χ3v) is 10.5. The van der Waals surface area contributed by atoms with Gasteiger partial charge in [-0.1, -0.05) is 54.9 Å². The number of carboxylic acids is 1. The second-order valence-electron chi connectivity index (χ2n) is 15.5. The van der Waals surface area contributed by atoms with E-state index < -0.39 is 35.3 Å². The second-order valence-corrected chi connectivity index (χ2v) is 16.3. The Morgan fingerprint density at radius 1 is 1.03 bits per heavy atom. The number of rotatable bonds is 21. The van der Waals surface area contributed by atoms with Gasteiger partial charge in [0.05, 0.1) is 29.3 Å². The molecule has 0 heterocycles. The maximum atomic E-state index is 12.9. The molecule has 3 aromatic carbocycles. The number of nitrogens with one attached hydrogen (secondary N) is 2. The van der Waals surface area contributed by atoms with E-state index in [1.807, 2.05) is 30.4 Å². The molecule has 0 spiro atoms. The van der Waals surface area contributed by atoms with E-state index in [-0.39, 0.29) is 41.8 Å². The molecule has 1 amide bonds. The number of hydrogen-bond acceptors (Lipinski definition) is 10. The smallest absolute Gasteiger partial charge is 0.407 e. The lowest BCUT2D eigenvalue weighted by molar-refractivity contribution is -0.143. The number of allylic oxidation sites excluding steroid dienone is 2. The van der Waals surface area contributed by atoms with Crippen molar-refractivity contribution in [3.05, 3.63) is 111 Å². The molecule has 0 radical (unpaired) electrons. The van der Waals surface area contributed by atoms with E-state index >= 15 is 0 Å². The van der Waals surface area contributed by atoms with Crippen molar-refractivity contribution in [1.82, 2.24) is 10.6 Å². The molecule has 0 fully saturated rings. The Morgan fingerprint density at radius 2 is 1.80 bits per heavy atom. The Hall–Kier alpha value is -5.06. The fourth-order valence-electron chi connectivity index (χ4n) is 6.72. The van der Waals surface area contributed by atoms with Gasteiger partial charge in [-0.05, 0) is 106 Å². The standard InChI is InChI=1S/C46H55Cl2N3O9/c1-30-13-7-8-14-36(30)37-15-11-17-46(31(37)2,59-20-12-18-47)29-58-41-25-40(57-28-33-21-32(26-49)22-34(23-33)42(52)53)35(24-38(41)48)27-51-39(43(54)56-6)16-9-10-19-50-44(55)60-45(3,4)5/h7-8,11,13-15,17,21-25,31,39,51H,9-10,12,16,18-20,27-29H2,1-6H3,(H,50,55)(H,52,53)/t31-,39?,46?/m0/s1. The third kappa shape index (κ3) is 13.7. The van der Waals surface area contributed by atoms with Gasteiger partial charge < -0.3 is 39.4 Å². The summed E-state index contributed by atoms with van der Waals surface area (Å²) >= 11 is 13.0. The first kappa shape index (κ1) is 47.6. The summed E-state index contributed by atoms with van der Waals surface area (Å²) in [6, 6.07) is 17.1. The first-order chi connectivity index (χ1) is 28.6. The molecule has 4 rings (SSSR count). The zero-order valence-corrected chi connectivity index (χ0v) is 36.6. The summed E-state index contributed by atoms with van der Waals surface area (Å²) in [5.41, 5.74) is 3.00. The SMILES string of the molecule is COC(=O)C(CCCCNC(=O)OC(C)(C)C)NCc1cc(Cl)c(OCC2(OCCCCl)C=CC=C(c3ccccc3C)[C@@H]2C)cc1OCc1cc(C#N)cc(C(=O)O)c1. The molecule has 3 atom stereocenters. The number of hydrogen-bond donors (Lipinski definition) is 3. The Labute approximate surface area is 362 Å². The van der Waals surface area contributed by atoms with Crippen LogP contribution in [0.1, 0.15) is 91.6 Å². The minimum atomic E-state index is -1.18. The number of nitriles is 1. The van der Waals surface area contributed by atoms with Crippen LogP contribution in [0.4, 0.5) is 4.79 Å². The van der Waals surface area contributed by atoms with Gasteiger partial charge in [0, 0.05) is 43.1 Å². The maximum absolute atomic E-state index is 12.9. The number of benzene rings is 3. The average molecular weight is 865 g/mol. The second kappa shape index (κ2) is 22.5. The molecule has 2 unspecified atom stereocenters. The van der Waals surface area contributed by atoms with E-state index in [1.54, 1.807) is 39.0 Å². The van der Waals surface area contributed by atoms with E-state index in [0.29, 0.717) is 67.3 Å². The monoisotopic (exact) mass is 863 g/mol. The van der Waals surface area contributed by atoms with Gasteiger partial charge >= 0.3 is 18.0 Å². The van der Waals surface area contributed by atoms with Gasteiger partial charge in [0.1, 0.15) is 42.0 Å². The molecular formula is C46H55Cl2N3O9. The van der Waals surface area contributed by atoms with Crippen LogP contribution in [0.5, 0.6) is 11.5 Å². The van der Waals surface area contributed by atoms with E-state index in [4.69, 9.17) is 46.9 Å². The van der Waals surface area contributed by atoms with Crippen LogP contribution in [0.2, 0.25) is 5.02 Å². The van der Waals surface area contributed by atoms with Gasteiger partial charge in [0.15, 0.2) is 0 Å². The Morgan fingerprint density at radius 3 is 2.48 bits per heavy atom. The van der Waals surface area contributed by atoms with Crippen LogP contribution in [0.3, 0.4) is 0 Å². The first-order valence-corrected chi connectivity index (χ1v) is 20.8. The number of halogens is 2. The van der Waals surface area contributed by atoms with Crippen molar-refractivity contribution in [2.75, 3.05) is 32.7 Å². The highest BCUT2D eigenvalue weighted by atomic mass is 35.5. The quantitative estimate of drug-likeness (QED) is 0.0531. The third-order valence-electron chi connectivity index (χ3n) is 9.90. The molecule has 0 bridgehead atoms. The number of carbonyl (C=O) groups is 3. The number of carbonyl (C=O) groups excluding carboxylic acids is 2. The Balaban J connectivity index is 1.60. The topological polar surface area (TPSA) is 165 Å². The summed E-state index contributed by atoms with van der Waals surface area (Å²) in [4.78, 5) is 36.8. The van der Waals surface area contributed by atoms with Gasteiger partial charge in [-0.25, -0.2) is 9.59 Å². The highest BCUT2D eigenvalue weighted by molar-refractivity contribution is 6.32. The minimum Gasteiger partial charge on any atom is -0.489 e. The lowest BCUT2D eigenvalue weighted by Crippen LogP contribution is -2.45. The molecule has 3 aromatic rings. The first-order valence-electron chi connectivity index (χ1n) is 19.9. The number of aromatic carboxylic acids is 1. The summed E-state index contributed by atoms with van der Waals surface area (Å²) in [5, 5.41) is 25.5. The fourth-order valence-corrected chi connectivity index (χ4v) is 7.07. The van der Waals surface area contributed by atoms with E-state index in [2.05, 4.69) is 42.7 Å². The van der Waals surface area contributed by atoms with Crippen molar-refractivity contribution in [3.8, 4) is 17.6 Å². The summed E-state index contributed by atoms with van der Waals surface area (Å²) in [6.07, 6.45) is 7.78. The number of ether oxygens (including phenoxy) is 5. The molecular weight excluding hydrogens is 809 g/mol. The molecule has 0 saturated carbocycles. The number of amides is 1. The summed E-state index contributed by atoms with van der Waals surface area (Å²) in [7, 11) is 1.31. The van der Waals surface area contributed by atoms with Gasteiger partial charge in [0.2, 0.25) is 0 Å². The molecule has 1 aliphatic rings. The lowest BCUT2D eigenvalue weighted by atomic mass is 9.76. The Kier molecular flexibility index (Phi) is 17.9. The maximum Gasteiger partial charge on any atom is 0.407 e. The van der Waals surface area contributed by atoms with Gasteiger partial charge in [0.25, 0.3) is 0 Å². The number of nitrogens with zero attached hydrogens (tertiary/aromatic N) is 1. The van der Waals surface area contributed by atoms with Crippen molar-refractivity contribution in [2.24, 2.45) is 5.92 Å². The number of unbranched alkanes of at least 4 members (excludes halogenated alkanes) is 1. The van der Waals surface area contributed by atoms with Crippen molar-refractivity contribution in [1.29, 1.82) is 5.26 Å². The number of alkyl carbamates (subject to hydrolysis) is 1. The largest absolute Gasteiger partial charge is 0.489 e. The number of aryl methyl sites for hydroxylation is 1. The molecule has 12 nitrogen and oxygen atoms in total. The molecule has 1 aliphatic carbocycles. The predicted molar refractivity (Wildman–Crippen MR) is 232 cm³/mol. The van der Waals surface area contributed by atoms with Crippen molar-refractivity contribution >= 4 is 46.8 Å². The van der Waals surface area contributed by atoms with Gasteiger partial charge in [-0.3, -0.25) is 4.79 Å². The normalized spacial score (nSPS) is 16.6. The highest BCUT2D eigenvalue weighted by Gasteiger charge is 2.40. The molecule has 3 N–H and O–H groups in total. The lowest BCUT2D eigenvalue weighted by Gasteiger charge is -2.40. The van der Waals surface area contributed by atoms with Crippen LogP contribution in [0, 0.1) is 24.2 Å².